The summed E-state index contributed by atoms with van der Waals surface area (Å²) >= 11 is 0. The molecule has 1 atom stereocenters. The molecule has 0 saturated heterocycles. The minimum atomic E-state index is -0.197. The summed E-state index contributed by atoms with van der Waals surface area (Å²) in [6.07, 6.45) is 4.73. The van der Waals surface area contributed by atoms with Crippen LogP contribution in [0.3, 0.4) is 0 Å². The van der Waals surface area contributed by atoms with E-state index in [0.717, 1.165) is 53.2 Å². The second-order valence-electron chi connectivity index (χ2n) is 11.3. The summed E-state index contributed by atoms with van der Waals surface area (Å²) < 4.78 is 2.23. The van der Waals surface area contributed by atoms with Crippen LogP contribution >= 0.6 is 0 Å². The van der Waals surface area contributed by atoms with Gasteiger partial charge in [-0.25, -0.2) is 4.98 Å². The molecule has 38 heavy (non-hydrogen) atoms. The molecule has 7 rings (SSSR count). The molecule has 0 bridgehead atoms. The molecular weight excluding hydrogens is 468 g/mol. The first-order valence-electron chi connectivity index (χ1n) is 13.6. The molecule has 1 N–H and O–H groups in total. The van der Waals surface area contributed by atoms with Crippen LogP contribution in [0.15, 0.2) is 90.1 Å². The van der Waals surface area contributed by atoms with Crippen molar-refractivity contribution >= 4 is 34.0 Å². The van der Waals surface area contributed by atoms with Gasteiger partial charge in [0.2, 0.25) is 5.95 Å². The van der Waals surface area contributed by atoms with Gasteiger partial charge in [0.15, 0.2) is 5.78 Å². The Morgan fingerprint density at radius 3 is 2.63 bits per heavy atom. The lowest BCUT2D eigenvalue weighted by atomic mass is 9.82. The van der Waals surface area contributed by atoms with Crippen LogP contribution in [0, 0.1) is 0 Å². The number of imidazole rings is 1. The van der Waals surface area contributed by atoms with Crippen molar-refractivity contribution in [2.24, 2.45) is 0 Å². The monoisotopic (exact) mass is 500 g/mol. The zero-order valence-corrected chi connectivity index (χ0v) is 22.2. The fourth-order valence-corrected chi connectivity index (χ4v) is 6.61. The molecule has 0 fully saturated rings. The van der Waals surface area contributed by atoms with E-state index in [9.17, 15) is 4.79 Å². The number of ketones is 1. The van der Waals surface area contributed by atoms with Gasteiger partial charge in [0.05, 0.1) is 22.6 Å². The number of nitrogens with one attached hydrogen (secondary N) is 1. The van der Waals surface area contributed by atoms with Crippen LogP contribution in [0.5, 0.6) is 0 Å². The third-order valence-corrected chi connectivity index (χ3v) is 8.35. The number of hydrogen-bond donors (Lipinski definition) is 1. The average molecular weight is 501 g/mol. The van der Waals surface area contributed by atoms with Crippen LogP contribution < -0.4 is 10.2 Å². The van der Waals surface area contributed by atoms with Gasteiger partial charge in [-0.05, 0) is 74.6 Å². The average Bonchev–Trinajstić information content (AvgIpc) is 3.28. The van der Waals surface area contributed by atoms with Gasteiger partial charge in [-0.1, -0.05) is 54.6 Å². The Morgan fingerprint density at radius 1 is 1.00 bits per heavy atom. The number of benzene rings is 3. The lowest BCUT2D eigenvalue weighted by Gasteiger charge is -2.44. The standard InChI is InChI=1S/C33H32N4O/c1-21-19-33(2,3)36(20-22-10-5-4-6-11-22)27-17-16-23(18-24(21)27)31-30-26(13-9-15-29(30)38)35-32-34-25-12-7-8-14-28(25)37(31)32/h4-8,10-12,14,16-19,31H,9,13,15,20H2,1-3H3,(H,34,35)/t31-/m0/s1. The lowest BCUT2D eigenvalue weighted by molar-refractivity contribution is -0.116. The van der Waals surface area contributed by atoms with Crippen LogP contribution in [0.4, 0.5) is 11.6 Å². The van der Waals surface area contributed by atoms with E-state index in [1.165, 1.54) is 22.4 Å². The van der Waals surface area contributed by atoms with Crippen LogP contribution in [0.2, 0.25) is 0 Å². The van der Waals surface area contributed by atoms with E-state index in [1.54, 1.807) is 0 Å². The molecule has 3 heterocycles. The number of para-hydroxylation sites is 2. The third kappa shape index (κ3) is 3.52. The highest BCUT2D eigenvalue weighted by molar-refractivity contribution is 6.00. The van der Waals surface area contributed by atoms with Crippen LogP contribution in [-0.4, -0.2) is 20.9 Å². The highest BCUT2D eigenvalue weighted by Gasteiger charge is 2.38. The van der Waals surface area contributed by atoms with Gasteiger partial charge in [0.1, 0.15) is 0 Å². The van der Waals surface area contributed by atoms with E-state index >= 15 is 0 Å². The molecule has 4 aromatic rings. The second kappa shape index (κ2) is 8.45. The molecule has 2 aliphatic heterocycles. The second-order valence-corrected chi connectivity index (χ2v) is 11.3. The van der Waals surface area contributed by atoms with E-state index in [1.807, 2.05) is 18.2 Å². The van der Waals surface area contributed by atoms with Crippen LogP contribution in [-0.2, 0) is 11.3 Å². The Labute approximate surface area is 223 Å². The van der Waals surface area contributed by atoms with Gasteiger partial charge < -0.3 is 10.2 Å². The molecule has 5 heteroatoms. The van der Waals surface area contributed by atoms with Gasteiger partial charge in [-0.2, -0.15) is 0 Å². The summed E-state index contributed by atoms with van der Waals surface area (Å²) in [6, 6.07) is 25.5. The van der Waals surface area contributed by atoms with E-state index in [-0.39, 0.29) is 17.4 Å². The van der Waals surface area contributed by atoms with Crippen molar-refractivity contribution in [3.05, 3.63) is 107 Å². The molecule has 0 unspecified atom stereocenters. The van der Waals surface area contributed by atoms with Crippen LogP contribution in [0.25, 0.3) is 16.6 Å². The van der Waals surface area contributed by atoms with Gasteiger partial charge in [0, 0.05) is 35.5 Å². The van der Waals surface area contributed by atoms with Gasteiger partial charge in [-0.3, -0.25) is 9.36 Å². The first-order valence-corrected chi connectivity index (χ1v) is 13.6. The summed E-state index contributed by atoms with van der Waals surface area (Å²) in [7, 11) is 0. The topological polar surface area (TPSA) is 50.2 Å². The smallest absolute Gasteiger partial charge is 0.209 e. The van der Waals surface area contributed by atoms with Crippen molar-refractivity contribution in [1.29, 1.82) is 0 Å². The van der Waals surface area contributed by atoms with Crippen molar-refractivity contribution < 1.29 is 4.79 Å². The molecular formula is C33H32N4O. The molecule has 0 spiro atoms. The molecule has 0 radical (unpaired) electrons. The van der Waals surface area contributed by atoms with Gasteiger partial charge in [0.25, 0.3) is 0 Å². The summed E-state index contributed by atoms with van der Waals surface area (Å²) in [5, 5.41) is 3.53. The summed E-state index contributed by atoms with van der Waals surface area (Å²) in [5.41, 5.74) is 9.94. The number of nitrogens with zero attached hydrogens (tertiary/aromatic N) is 3. The molecule has 0 saturated carbocycles. The molecule has 190 valence electrons. The molecule has 1 aliphatic carbocycles. The third-order valence-electron chi connectivity index (χ3n) is 8.35. The SMILES string of the molecule is CC1=CC(C)(C)N(Cc2ccccc2)c2ccc([C@H]3C4=C(CCCC4=O)Nc4nc5ccccc5n43)cc21. The van der Waals surface area contributed by atoms with E-state index in [2.05, 4.69) is 96.2 Å². The largest absolute Gasteiger partial charge is 0.358 e. The summed E-state index contributed by atoms with van der Waals surface area (Å²) in [5.74, 6) is 1.06. The number of anilines is 2. The predicted molar refractivity (Wildman–Crippen MR) is 154 cm³/mol. The molecule has 0 amide bonds. The van der Waals surface area contributed by atoms with Crippen molar-refractivity contribution in [1.82, 2.24) is 9.55 Å². The van der Waals surface area contributed by atoms with Crippen molar-refractivity contribution in [3.63, 3.8) is 0 Å². The molecule has 3 aliphatic rings. The lowest BCUT2D eigenvalue weighted by Crippen LogP contribution is -2.44. The number of Topliss-reactive ketones (excluding diaryl/α,β-unsaturated/α-hetero) is 1. The number of carbonyl (C=O) groups is 1. The maximum Gasteiger partial charge on any atom is 0.209 e. The zero-order chi connectivity index (χ0) is 26.0. The number of rotatable bonds is 3. The van der Waals surface area contributed by atoms with Crippen LogP contribution in [0.1, 0.15) is 62.8 Å². The Morgan fingerprint density at radius 2 is 1.79 bits per heavy atom. The molecule has 1 aromatic heterocycles. The van der Waals surface area contributed by atoms with Gasteiger partial charge in [-0.15, -0.1) is 0 Å². The highest BCUT2D eigenvalue weighted by atomic mass is 16.1. The first kappa shape index (κ1) is 23.0. The summed E-state index contributed by atoms with van der Waals surface area (Å²) in [4.78, 5) is 20.8. The quantitative estimate of drug-likeness (QED) is 0.322. The van der Waals surface area contributed by atoms with Gasteiger partial charge >= 0.3 is 0 Å². The highest BCUT2D eigenvalue weighted by Crippen LogP contribution is 2.46. The molecule has 3 aromatic carbocycles. The zero-order valence-electron chi connectivity index (χ0n) is 22.2. The molecule has 5 nitrogen and oxygen atoms in total. The minimum Gasteiger partial charge on any atom is -0.358 e. The number of allylic oxidation sites excluding steroid dienone is 3. The number of hydrogen-bond acceptors (Lipinski definition) is 4. The van der Waals surface area contributed by atoms with E-state index in [0.29, 0.717) is 6.42 Å². The normalized spacial score (nSPS) is 20.0. The first-order chi connectivity index (χ1) is 18.4. The predicted octanol–water partition coefficient (Wildman–Crippen LogP) is 7.26. The maximum atomic E-state index is 13.4. The van der Waals surface area contributed by atoms with E-state index < -0.39 is 0 Å². The van der Waals surface area contributed by atoms with Crippen molar-refractivity contribution in [2.45, 2.75) is 58.2 Å². The minimum absolute atomic E-state index is 0.119. The fourth-order valence-electron chi connectivity index (χ4n) is 6.61. The van der Waals surface area contributed by atoms with Crippen molar-refractivity contribution in [3.8, 4) is 0 Å². The maximum absolute atomic E-state index is 13.4. The fraction of sp³-hybridized carbons (Fsp3) is 0.273. The van der Waals surface area contributed by atoms with Crippen molar-refractivity contribution in [2.75, 3.05) is 10.2 Å². The number of fused-ring (bicyclic) bond motifs is 4. The Kier molecular flexibility index (Phi) is 5.12. The summed E-state index contributed by atoms with van der Waals surface area (Å²) in [6.45, 7) is 7.61. The Bertz CT molecular complexity index is 1660. The van der Waals surface area contributed by atoms with E-state index in [4.69, 9.17) is 4.98 Å². The number of carbonyl (C=O) groups excluding carboxylic acids is 1. The Hall–Kier alpha value is -4.12. The number of aromatic nitrogens is 2. The Balaban J connectivity index is 1.40.